The molecular formula is C22H28Br2N2O4. The zero-order valence-electron chi connectivity index (χ0n) is 17.6. The summed E-state index contributed by atoms with van der Waals surface area (Å²) in [4.78, 5) is 23.2. The Balaban J connectivity index is 0.000000300. The minimum Gasteiger partial charge on any atom is -0.464 e. The lowest BCUT2D eigenvalue weighted by atomic mass is 9.93. The van der Waals surface area contributed by atoms with Gasteiger partial charge in [0.05, 0.1) is 13.2 Å². The number of carbonyl (C=O) groups is 2. The van der Waals surface area contributed by atoms with Crippen LogP contribution < -0.4 is 11.5 Å². The number of carbonyl (C=O) groups excluding carboxylic acids is 2. The summed E-state index contributed by atoms with van der Waals surface area (Å²) in [6, 6.07) is 14.6. The average molecular weight is 544 g/mol. The standard InChI is InChI=1S/2C11H14BrNO2/c2*1-3-15-10(14)11(2,13)8-4-6-9(12)7-5-8/h2*4-7H,3,13H2,1-2H3/t2*11-/m10/s1. The molecule has 0 spiro atoms. The van der Waals surface area contributed by atoms with Gasteiger partial charge >= 0.3 is 11.9 Å². The number of rotatable bonds is 6. The second-order valence-corrected chi connectivity index (χ2v) is 8.69. The van der Waals surface area contributed by atoms with E-state index in [1.807, 2.05) is 24.3 Å². The molecule has 0 radical (unpaired) electrons. The molecule has 0 amide bonds. The van der Waals surface area contributed by atoms with Crippen molar-refractivity contribution in [2.24, 2.45) is 11.5 Å². The summed E-state index contributed by atoms with van der Waals surface area (Å²) in [6.07, 6.45) is 0. The maximum Gasteiger partial charge on any atom is 0.330 e. The minimum absolute atomic E-state index is 0.335. The Labute approximate surface area is 194 Å². The van der Waals surface area contributed by atoms with Gasteiger partial charge in [0.25, 0.3) is 0 Å². The number of halogens is 2. The summed E-state index contributed by atoms with van der Waals surface area (Å²) in [5.74, 6) is -0.820. The molecule has 8 heteroatoms. The van der Waals surface area contributed by atoms with Gasteiger partial charge in [0, 0.05) is 8.95 Å². The molecule has 4 N–H and O–H groups in total. The lowest BCUT2D eigenvalue weighted by Crippen LogP contribution is -2.43. The van der Waals surface area contributed by atoms with Crippen molar-refractivity contribution < 1.29 is 19.1 Å². The highest BCUT2D eigenvalue weighted by atomic mass is 79.9. The van der Waals surface area contributed by atoms with E-state index in [0.29, 0.717) is 13.2 Å². The molecule has 0 aliphatic heterocycles. The molecule has 30 heavy (non-hydrogen) atoms. The maximum absolute atomic E-state index is 11.6. The molecule has 0 saturated carbocycles. The fraction of sp³-hybridized carbons (Fsp3) is 0.364. The first-order chi connectivity index (χ1) is 14.0. The van der Waals surface area contributed by atoms with Crippen LogP contribution in [0.4, 0.5) is 0 Å². The first-order valence-corrected chi connectivity index (χ1v) is 11.0. The first-order valence-electron chi connectivity index (χ1n) is 9.41. The van der Waals surface area contributed by atoms with E-state index in [2.05, 4.69) is 31.9 Å². The van der Waals surface area contributed by atoms with E-state index in [4.69, 9.17) is 20.9 Å². The Morgan fingerprint density at radius 1 is 0.733 bits per heavy atom. The van der Waals surface area contributed by atoms with Gasteiger partial charge in [-0.25, -0.2) is 9.59 Å². The molecule has 2 aromatic rings. The summed E-state index contributed by atoms with van der Waals surface area (Å²) in [5.41, 5.74) is 11.2. The van der Waals surface area contributed by atoms with E-state index in [1.165, 1.54) is 0 Å². The van der Waals surface area contributed by atoms with Crippen molar-refractivity contribution in [3.05, 3.63) is 68.6 Å². The van der Waals surface area contributed by atoms with Gasteiger partial charge in [-0.1, -0.05) is 56.1 Å². The third kappa shape index (κ3) is 7.19. The summed E-state index contributed by atoms with van der Waals surface area (Å²) in [7, 11) is 0. The largest absolute Gasteiger partial charge is 0.464 e. The molecule has 0 aliphatic rings. The molecule has 2 atom stereocenters. The van der Waals surface area contributed by atoms with Gasteiger partial charge in [0.1, 0.15) is 11.1 Å². The zero-order chi connectivity index (χ0) is 22.9. The topological polar surface area (TPSA) is 105 Å². The van der Waals surface area contributed by atoms with Crippen LogP contribution in [0.2, 0.25) is 0 Å². The molecular weight excluding hydrogens is 516 g/mol. The smallest absolute Gasteiger partial charge is 0.330 e. The lowest BCUT2D eigenvalue weighted by molar-refractivity contribution is -0.150. The summed E-state index contributed by atoms with van der Waals surface area (Å²) < 4.78 is 11.7. The molecule has 6 nitrogen and oxygen atoms in total. The highest BCUT2D eigenvalue weighted by Gasteiger charge is 2.32. The third-order valence-electron chi connectivity index (χ3n) is 4.29. The predicted octanol–water partition coefficient (Wildman–Crippen LogP) is 4.37. The highest BCUT2D eigenvalue weighted by molar-refractivity contribution is 9.10. The zero-order valence-corrected chi connectivity index (χ0v) is 20.7. The van der Waals surface area contributed by atoms with Crippen LogP contribution in [0.1, 0.15) is 38.8 Å². The molecule has 0 heterocycles. The Hall–Kier alpha value is -1.74. The van der Waals surface area contributed by atoms with Crippen molar-refractivity contribution >= 4 is 43.8 Å². The number of esters is 2. The van der Waals surface area contributed by atoms with Crippen molar-refractivity contribution in [2.45, 2.75) is 38.8 Å². The first kappa shape index (κ1) is 26.3. The van der Waals surface area contributed by atoms with Crippen LogP contribution in [0, 0.1) is 0 Å². The quantitative estimate of drug-likeness (QED) is 0.524. The highest BCUT2D eigenvalue weighted by Crippen LogP contribution is 2.22. The van der Waals surface area contributed by atoms with Crippen LogP contribution in [-0.4, -0.2) is 25.2 Å². The normalized spacial score (nSPS) is 14.4. The van der Waals surface area contributed by atoms with E-state index in [-0.39, 0.29) is 0 Å². The van der Waals surface area contributed by atoms with E-state index in [0.717, 1.165) is 20.1 Å². The molecule has 2 aromatic carbocycles. The third-order valence-corrected chi connectivity index (χ3v) is 5.34. The molecule has 0 aromatic heterocycles. The summed E-state index contributed by atoms with van der Waals surface area (Å²) in [5, 5.41) is 0. The maximum atomic E-state index is 11.6. The predicted molar refractivity (Wildman–Crippen MR) is 125 cm³/mol. The van der Waals surface area contributed by atoms with E-state index >= 15 is 0 Å². The van der Waals surface area contributed by atoms with E-state index < -0.39 is 23.0 Å². The molecule has 164 valence electrons. The van der Waals surface area contributed by atoms with Crippen molar-refractivity contribution in [2.75, 3.05) is 13.2 Å². The van der Waals surface area contributed by atoms with Crippen molar-refractivity contribution in [1.82, 2.24) is 0 Å². The van der Waals surface area contributed by atoms with Gasteiger partial charge in [-0.2, -0.15) is 0 Å². The van der Waals surface area contributed by atoms with Gasteiger partial charge in [0.2, 0.25) is 0 Å². The van der Waals surface area contributed by atoms with E-state index in [9.17, 15) is 9.59 Å². The second kappa shape index (κ2) is 11.6. The number of ether oxygens (including phenoxy) is 2. The van der Waals surface area contributed by atoms with Crippen LogP contribution in [-0.2, 0) is 30.1 Å². The van der Waals surface area contributed by atoms with Crippen molar-refractivity contribution in [1.29, 1.82) is 0 Å². The van der Waals surface area contributed by atoms with Gasteiger partial charge in [-0.15, -0.1) is 0 Å². The Morgan fingerprint density at radius 3 is 1.23 bits per heavy atom. The lowest BCUT2D eigenvalue weighted by Gasteiger charge is -2.22. The number of hydrogen-bond donors (Lipinski definition) is 2. The molecule has 0 bridgehead atoms. The average Bonchev–Trinajstić information content (AvgIpc) is 2.69. The minimum atomic E-state index is -1.09. The molecule has 0 saturated heterocycles. The second-order valence-electron chi connectivity index (χ2n) is 6.86. The van der Waals surface area contributed by atoms with Crippen LogP contribution in [0.15, 0.2) is 57.5 Å². The van der Waals surface area contributed by atoms with Crippen LogP contribution in [0.3, 0.4) is 0 Å². The number of benzene rings is 2. The Morgan fingerprint density at radius 2 is 1.00 bits per heavy atom. The van der Waals surface area contributed by atoms with Gasteiger partial charge in [0.15, 0.2) is 0 Å². The van der Waals surface area contributed by atoms with Gasteiger partial charge < -0.3 is 20.9 Å². The van der Waals surface area contributed by atoms with Crippen LogP contribution in [0.5, 0.6) is 0 Å². The molecule has 0 aliphatic carbocycles. The fourth-order valence-corrected chi connectivity index (χ4v) is 2.92. The van der Waals surface area contributed by atoms with Gasteiger partial charge in [-0.3, -0.25) is 0 Å². The van der Waals surface area contributed by atoms with Gasteiger partial charge in [-0.05, 0) is 63.1 Å². The SMILES string of the molecule is CCOC(=O)[C@@](C)(N)c1ccc(Br)cc1.CCOC(=O)[C@](C)(N)c1ccc(Br)cc1. The summed E-state index contributed by atoms with van der Waals surface area (Å²) in [6.45, 7) is 7.48. The molecule has 0 unspecified atom stereocenters. The molecule has 2 rings (SSSR count). The van der Waals surface area contributed by atoms with Crippen LogP contribution >= 0.6 is 31.9 Å². The Kier molecular flexibility index (Phi) is 10.2. The van der Waals surface area contributed by atoms with E-state index in [1.54, 1.807) is 52.0 Å². The Bertz CT molecular complexity index is 764. The summed E-state index contributed by atoms with van der Waals surface area (Å²) >= 11 is 6.65. The molecule has 0 fully saturated rings. The fourth-order valence-electron chi connectivity index (χ4n) is 2.39. The number of hydrogen-bond acceptors (Lipinski definition) is 6. The monoisotopic (exact) mass is 542 g/mol. The van der Waals surface area contributed by atoms with Crippen molar-refractivity contribution in [3.8, 4) is 0 Å². The van der Waals surface area contributed by atoms with Crippen LogP contribution in [0.25, 0.3) is 0 Å². The number of nitrogens with two attached hydrogens (primary N) is 2. The van der Waals surface area contributed by atoms with Crippen molar-refractivity contribution in [3.63, 3.8) is 0 Å².